The third-order valence-electron chi connectivity index (χ3n) is 3.47. The van der Waals surface area contributed by atoms with Gasteiger partial charge in [-0.25, -0.2) is 0 Å². The van der Waals surface area contributed by atoms with Crippen molar-refractivity contribution in [2.24, 2.45) is 11.7 Å². The van der Waals surface area contributed by atoms with Gasteiger partial charge in [0.1, 0.15) is 0 Å². The van der Waals surface area contributed by atoms with Gasteiger partial charge in [-0.15, -0.1) is 0 Å². The highest BCUT2D eigenvalue weighted by Gasteiger charge is 2.10. The lowest BCUT2D eigenvalue weighted by molar-refractivity contribution is -0.116. The molecule has 0 bridgehead atoms. The maximum absolute atomic E-state index is 12.0. The second-order valence-electron chi connectivity index (χ2n) is 5.41. The van der Waals surface area contributed by atoms with Gasteiger partial charge in [-0.2, -0.15) is 0 Å². The molecule has 0 spiro atoms. The molecule has 0 fully saturated rings. The average Bonchev–Trinajstić information content (AvgIpc) is 2.50. The molecule has 1 amide bonds. The Hall–Kier alpha value is -2.13. The Balaban J connectivity index is 2.08. The monoisotopic (exact) mass is 282 g/mol. The summed E-state index contributed by atoms with van der Waals surface area (Å²) in [5, 5.41) is 3.00. The zero-order valence-electron chi connectivity index (χ0n) is 12.4. The molecule has 1 unspecified atom stereocenters. The van der Waals surface area contributed by atoms with Gasteiger partial charge in [-0.05, 0) is 36.1 Å². The number of rotatable bonds is 6. The Morgan fingerprint density at radius 2 is 1.76 bits per heavy atom. The van der Waals surface area contributed by atoms with Crippen LogP contribution in [-0.4, -0.2) is 12.5 Å². The van der Waals surface area contributed by atoms with Crippen molar-refractivity contribution >= 4 is 11.6 Å². The fraction of sp³-hybridized carbons (Fsp3) is 0.278. The first-order valence-corrected chi connectivity index (χ1v) is 7.30. The van der Waals surface area contributed by atoms with E-state index in [0.717, 1.165) is 17.7 Å². The highest BCUT2D eigenvalue weighted by Crippen LogP contribution is 2.19. The molecular formula is C18H22N2O. The molecule has 2 aromatic rings. The van der Waals surface area contributed by atoms with Crippen LogP contribution >= 0.6 is 0 Å². The van der Waals surface area contributed by atoms with E-state index in [4.69, 9.17) is 5.73 Å². The van der Waals surface area contributed by atoms with Crippen LogP contribution in [0.5, 0.6) is 0 Å². The summed E-state index contributed by atoms with van der Waals surface area (Å²) in [5.41, 5.74) is 8.80. The number of hydrogen-bond donors (Lipinski definition) is 2. The summed E-state index contributed by atoms with van der Waals surface area (Å²) >= 11 is 0. The largest absolute Gasteiger partial charge is 0.330 e. The second kappa shape index (κ2) is 7.60. The molecule has 0 saturated carbocycles. The molecule has 0 aromatic heterocycles. The quantitative estimate of drug-likeness (QED) is 0.855. The predicted octanol–water partition coefficient (Wildman–Crippen LogP) is 3.20. The smallest absolute Gasteiger partial charge is 0.224 e. The average molecular weight is 282 g/mol. The van der Waals surface area contributed by atoms with Crippen molar-refractivity contribution in [2.75, 3.05) is 11.9 Å². The number of para-hydroxylation sites is 1. The fourth-order valence-corrected chi connectivity index (χ4v) is 2.21. The Bertz CT molecular complexity index is 581. The van der Waals surface area contributed by atoms with Crippen molar-refractivity contribution in [1.29, 1.82) is 0 Å². The lowest BCUT2D eigenvalue weighted by Gasteiger charge is -2.13. The number of nitrogens with one attached hydrogen (secondary N) is 1. The van der Waals surface area contributed by atoms with Crippen LogP contribution in [0.25, 0.3) is 0 Å². The first-order valence-electron chi connectivity index (χ1n) is 7.30. The molecule has 3 N–H and O–H groups in total. The Kier molecular flexibility index (Phi) is 5.52. The highest BCUT2D eigenvalue weighted by molar-refractivity contribution is 5.91. The van der Waals surface area contributed by atoms with E-state index in [1.807, 2.05) is 43.3 Å². The lowest BCUT2D eigenvalue weighted by Crippen LogP contribution is -2.20. The first-order chi connectivity index (χ1) is 10.2. The molecule has 0 aliphatic heterocycles. The number of carbonyl (C=O) groups excluding carboxylic acids is 1. The summed E-state index contributed by atoms with van der Waals surface area (Å²) in [6.07, 6.45) is 1.26. The number of carbonyl (C=O) groups is 1. The number of anilines is 1. The van der Waals surface area contributed by atoms with Crippen LogP contribution in [0.4, 0.5) is 5.69 Å². The summed E-state index contributed by atoms with van der Waals surface area (Å²) in [6, 6.07) is 18.2. The molecule has 0 heterocycles. The molecule has 21 heavy (non-hydrogen) atoms. The van der Waals surface area contributed by atoms with Gasteiger partial charge in [0.05, 0.1) is 0 Å². The van der Waals surface area contributed by atoms with Crippen molar-refractivity contribution in [2.45, 2.75) is 19.8 Å². The van der Waals surface area contributed by atoms with Gasteiger partial charge in [-0.1, -0.05) is 55.5 Å². The normalized spacial score (nSPS) is 11.9. The van der Waals surface area contributed by atoms with Gasteiger partial charge in [0, 0.05) is 12.1 Å². The summed E-state index contributed by atoms with van der Waals surface area (Å²) in [4.78, 5) is 12.0. The molecule has 2 aromatic carbocycles. The zero-order chi connectivity index (χ0) is 15.1. The van der Waals surface area contributed by atoms with E-state index in [1.54, 1.807) is 0 Å². The van der Waals surface area contributed by atoms with Gasteiger partial charge in [0.15, 0.2) is 0 Å². The van der Waals surface area contributed by atoms with Crippen LogP contribution in [0.2, 0.25) is 0 Å². The summed E-state index contributed by atoms with van der Waals surface area (Å²) in [7, 11) is 0. The SMILES string of the molecule is CC(CN)CC(=O)Nc1ccccc1Cc1ccccc1. The van der Waals surface area contributed by atoms with Gasteiger partial charge >= 0.3 is 0 Å². The third kappa shape index (κ3) is 4.72. The molecular weight excluding hydrogens is 260 g/mol. The van der Waals surface area contributed by atoms with Crippen LogP contribution in [0.3, 0.4) is 0 Å². The van der Waals surface area contributed by atoms with Gasteiger partial charge in [-0.3, -0.25) is 4.79 Å². The van der Waals surface area contributed by atoms with Crippen LogP contribution in [0.15, 0.2) is 54.6 Å². The Morgan fingerprint density at radius 3 is 2.48 bits per heavy atom. The maximum atomic E-state index is 12.0. The third-order valence-corrected chi connectivity index (χ3v) is 3.47. The maximum Gasteiger partial charge on any atom is 0.224 e. The molecule has 110 valence electrons. The van der Waals surface area contributed by atoms with Crippen molar-refractivity contribution in [3.63, 3.8) is 0 Å². The molecule has 3 heteroatoms. The molecule has 0 saturated heterocycles. The molecule has 0 aliphatic carbocycles. The van der Waals surface area contributed by atoms with Crippen molar-refractivity contribution in [3.05, 3.63) is 65.7 Å². The standard InChI is InChI=1S/C18H22N2O/c1-14(13-19)11-18(21)20-17-10-6-5-9-16(17)12-15-7-3-2-4-8-15/h2-10,14H,11-13,19H2,1H3,(H,20,21). The van der Waals surface area contributed by atoms with E-state index in [0.29, 0.717) is 13.0 Å². The highest BCUT2D eigenvalue weighted by atomic mass is 16.1. The van der Waals surface area contributed by atoms with E-state index in [1.165, 1.54) is 5.56 Å². The van der Waals surface area contributed by atoms with Gasteiger partial charge in [0.25, 0.3) is 0 Å². The predicted molar refractivity (Wildman–Crippen MR) is 87.2 cm³/mol. The minimum atomic E-state index is 0.0217. The topological polar surface area (TPSA) is 55.1 Å². The summed E-state index contributed by atoms with van der Waals surface area (Å²) in [5.74, 6) is 0.222. The number of amides is 1. The minimum absolute atomic E-state index is 0.0217. The number of nitrogens with two attached hydrogens (primary N) is 1. The van der Waals surface area contributed by atoms with E-state index in [-0.39, 0.29) is 11.8 Å². The number of hydrogen-bond acceptors (Lipinski definition) is 2. The summed E-state index contributed by atoms with van der Waals surface area (Å²) < 4.78 is 0. The van der Waals surface area contributed by atoms with E-state index in [9.17, 15) is 4.79 Å². The Labute approximate surface area is 126 Å². The summed E-state index contributed by atoms with van der Waals surface area (Å²) in [6.45, 7) is 2.51. The van der Waals surface area contributed by atoms with Crippen LogP contribution < -0.4 is 11.1 Å². The zero-order valence-corrected chi connectivity index (χ0v) is 12.4. The van der Waals surface area contributed by atoms with Gasteiger partial charge < -0.3 is 11.1 Å². The molecule has 0 radical (unpaired) electrons. The van der Waals surface area contributed by atoms with E-state index < -0.39 is 0 Å². The molecule has 0 aliphatic rings. The molecule has 1 atom stereocenters. The number of benzene rings is 2. The van der Waals surface area contributed by atoms with Crippen LogP contribution in [0.1, 0.15) is 24.5 Å². The lowest BCUT2D eigenvalue weighted by atomic mass is 10.0. The van der Waals surface area contributed by atoms with Crippen molar-refractivity contribution in [3.8, 4) is 0 Å². The molecule has 3 nitrogen and oxygen atoms in total. The fourth-order valence-electron chi connectivity index (χ4n) is 2.21. The second-order valence-corrected chi connectivity index (χ2v) is 5.41. The minimum Gasteiger partial charge on any atom is -0.330 e. The molecule has 2 rings (SSSR count). The van der Waals surface area contributed by atoms with Gasteiger partial charge in [0.2, 0.25) is 5.91 Å². The Morgan fingerprint density at radius 1 is 1.10 bits per heavy atom. The van der Waals surface area contributed by atoms with E-state index in [2.05, 4.69) is 23.5 Å². The van der Waals surface area contributed by atoms with Crippen molar-refractivity contribution in [1.82, 2.24) is 0 Å². The first kappa shape index (κ1) is 15.3. The van der Waals surface area contributed by atoms with Crippen molar-refractivity contribution < 1.29 is 4.79 Å². The van der Waals surface area contributed by atoms with Crippen LogP contribution in [-0.2, 0) is 11.2 Å². The van der Waals surface area contributed by atoms with E-state index >= 15 is 0 Å². The van der Waals surface area contributed by atoms with Crippen LogP contribution in [0, 0.1) is 5.92 Å².